The maximum Gasteiger partial charge on any atom is 0.122 e. The van der Waals surface area contributed by atoms with Crippen molar-refractivity contribution in [2.45, 2.75) is 38.8 Å². The van der Waals surface area contributed by atoms with Crippen molar-refractivity contribution in [2.75, 3.05) is 13.2 Å². The lowest BCUT2D eigenvalue weighted by atomic mass is 9.94. The van der Waals surface area contributed by atoms with E-state index in [9.17, 15) is 10.2 Å². The normalized spacial score (nSPS) is 12.8. The Bertz CT molecular complexity index is 638. The summed E-state index contributed by atoms with van der Waals surface area (Å²) in [6.45, 7) is 6.88. The molecule has 24 heavy (non-hydrogen) atoms. The number of ether oxygens (including phenoxy) is 1. The summed E-state index contributed by atoms with van der Waals surface area (Å²) in [5.41, 5.74) is 2.03. The fourth-order valence-corrected chi connectivity index (χ4v) is 2.54. The lowest BCUT2D eigenvalue weighted by Crippen LogP contribution is -2.46. The Morgan fingerprint density at radius 3 is 2.42 bits per heavy atom. The second kappa shape index (κ2) is 8.18. The van der Waals surface area contributed by atoms with Crippen molar-refractivity contribution in [3.8, 4) is 11.5 Å². The van der Waals surface area contributed by atoms with Gasteiger partial charge in [0.05, 0.1) is 0 Å². The summed E-state index contributed by atoms with van der Waals surface area (Å²) >= 11 is 0. The maximum atomic E-state index is 10.1. The third-order valence-corrected chi connectivity index (χ3v) is 3.92. The van der Waals surface area contributed by atoms with Crippen LogP contribution in [0.4, 0.5) is 0 Å². The molecule has 2 aromatic rings. The number of nitrogens with one attached hydrogen (secondary N) is 1. The third kappa shape index (κ3) is 5.87. The van der Waals surface area contributed by atoms with E-state index < -0.39 is 6.10 Å². The number of phenolic OH excluding ortho intramolecular Hbond substituents is 1. The fraction of sp³-hybridized carbons (Fsp3) is 0.400. The zero-order valence-electron chi connectivity index (χ0n) is 14.6. The average molecular weight is 329 g/mol. The molecule has 0 saturated heterocycles. The minimum Gasteiger partial charge on any atom is -0.508 e. The van der Waals surface area contributed by atoms with Crippen LogP contribution in [-0.2, 0) is 6.42 Å². The summed E-state index contributed by atoms with van der Waals surface area (Å²) in [7, 11) is 0. The molecule has 3 N–H and O–H groups in total. The second-order valence-corrected chi connectivity index (χ2v) is 6.84. The predicted octanol–water partition coefficient (Wildman–Crippen LogP) is 3.05. The molecule has 0 fully saturated rings. The van der Waals surface area contributed by atoms with E-state index in [1.165, 1.54) is 0 Å². The van der Waals surface area contributed by atoms with Crippen LogP contribution < -0.4 is 10.1 Å². The SMILES string of the molecule is Cc1ccccc1OCC(O)CNC(C)(C)Cc1ccc(O)cc1. The number of hydrogen-bond donors (Lipinski definition) is 3. The van der Waals surface area contributed by atoms with Crippen molar-refractivity contribution in [2.24, 2.45) is 0 Å². The predicted molar refractivity (Wildman–Crippen MR) is 96.6 cm³/mol. The van der Waals surface area contributed by atoms with E-state index in [1.54, 1.807) is 12.1 Å². The first kappa shape index (κ1) is 18.3. The van der Waals surface area contributed by atoms with Gasteiger partial charge in [-0.15, -0.1) is 0 Å². The van der Waals surface area contributed by atoms with E-state index in [2.05, 4.69) is 19.2 Å². The van der Waals surface area contributed by atoms with Gasteiger partial charge in [-0.25, -0.2) is 0 Å². The molecular weight excluding hydrogens is 302 g/mol. The van der Waals surface area contributed by atoms with Gasteiger partial charge in [0.2, 0.25) is 0 Å². The summed E-state index contributed by atoms with van der Waals surface area (Å²) in [4.78, 5) is 0. The van der Waals surface area contributed by atoms with Gasteiger partial charge in [0.1, 0.15) is 24.2 Å². The van der Waals surface area contributed by atoms with Gasteiger partial charge in [0.25, 0.3) is 0 Å². The highest BCUT2D eigenvalue weighted by atomic mass is 16.5. The van der Waals surface area contributed by atoms with Crippen LogP contribution in [0.25, 0.3) is 0 Å². The van der Waals surface area contributed by atoms with Gasteiger partial charge in [-0.3, -0.25) is 0 Å². The summed E-state index contributed by atoms with van der Waals surface area (Å²) in [5, 5.41) is 22.9. The number of aryl methyl sites for hydroxylation is 1. The molecule has 0 heterocycles. The van der Waals surface area contributed by atoms with Crippen molar-refractivity contribution in [1.29, 1.82) is 0 Å². The van der Waals surface area contributed by atoms with Crippen LogP contribution in [0.2, 0.25) is 0 Å². The molecular formula is C20H27NO3. The first-order chi connectivity index (χ1) is 11.4. The molecule has 4 heteroatoms. The molecule has 0 radical (unpaired) electrons. The second-order valence-electron chi connectivity index (χ2n) is 6.84. The number of benzene rings is 2. The standard InChI is InChI=1S/C20H27NO3/c1-15-6-4-5-7-19(15)24-14-18(23)13-21-20(2,3)12-16-8-10-17(22)11-9-16/h4-11,18,21-23H,12-14H2,1-3H3. The highest BCUT2D eigenvalue weighted by Gasteiger charge is 2.19. The molecule has 0 aliphatic rings. The number of aromatic hydroxyl groups is 1. The molecule has 0 bridgehead atoms. The largest absolute Gasteiger partial charge is 0.508 e. The quantitative estimate of drug-likeness (QED) is 0.696. The molecule has 2 rings (SSSR count). The Balaban J connectivity index is 1.78. The monoisotopic (exact) mass is 329 g/mol. The van der Waals surface area contributed by atoms with Crippen molar-refractivity contribution in [3.05, 3.63) is 59.7 Å². The minimum atomic E-state index is -0.580. The van der Waals surface area contributed by atoms with Gasteiger partial charge in [-0.2, -0.15) is 0 Å². The summed E-state index contributed by atoms with van der Waals surface area (Å²) < 4.78 is 5.68. The number of rotatable bonds is 8. The molecule has 130 valence electrons. The Hall–Kier alpha value is -2.04. The lowest BCUT2D eigenvalue weighted by molar-refractivity contribution is 0.0985. The van der Waals surface area contributed by atoms with E-state index in [4.69, 9.17) is 4.74 Å². The highest BCUT2D eigenvalue weighted by molar-refractivity contribution is 5.31. The number of aliphatic hydroxyl groups excluding tert-OH is 1. The first-order valence-electron chi connectivity index (χ1n) is 8.25. The van der Waals surface area contributed by atoms with E-state index >= 15 is 0 Å². The van der Waals surface area contributed by atoms with Crippen LogP contribution in [0.15, 0.2) is 48.5 Å². The average Bonchev–Trinajstić information content (AvgIpc) is 2.54. The Morgan fingerprint density at radius 1 is 1.08 bits per heavy atom. The molecule has 0 aromatic heterocycles. The van der Waals surface area contributed by atoms with Crippen LogP contribution in [0.3, 0.4) is 0 Å². The summed E-state index contributed by atoms with van der Waals surface area (Å²) in [6.07, 6.45) is 0.224. The van der Waals surface area contributed by atoms with Crippen molar-refractivity contribution < 1.29 is 14.9 Å². The number of hydrogen-bond acceptors (Lipinski definition) is 4. The molecule has 0 amide bonds. The number of phenols is 1. The minimum absolute atomic E-state index is 0.166. The van der Waals surface area contributed by atoms with Crippen LogP contribution in [-0.4, -0.2) is 35.0 Å². The van der Waals surface area contributed by atoms with Crippen LogP contribution in [0.1, 0.15) is 25.0 Å². The van der Waals surface area contributed by atoms with Crippen LogP contribution in [0.5, 0.6) is 11.5 Å². The van der Waals surface area contributed by atoms with E-state index in [0.29, 0.717) is 6.54 Å². The molecule has 2 aromatic carbocycles. The number of aliphatic hydroxyl groups is 1. The number of β-amino-alcohol motifs (C(OH)–C–C–N with tert-alkyl or cyclic N) is 1. The van der Waals surface area contributed by atoms with E-state index in [0.717, 1.165) is 23.3 Å². The highest BCUT2D eigenvalue weighted by Crippen LogP contribution is 2.17. The van der Waals surface area contributed by atoms with Crippen molar-refractivity contribution in [1.82, 2.24) is 5.32 Å². The number of para-hydroxylation sites is 1. The summed E-state index contributed by atoms with van der Waals surface area (Å²) in [6, 6.07) is 15.0. The molecule has 0 aliphatic carbocycles. The van der Waals surface area contributed by atoms with Gasteiger partial charge in [-0.05, 0) is 56.5 Å². The van der Waals surface area contributed by atoms with Gasteiger partial charge < -0.3 is 20.3 Å². The lowest BCUT2D eigenvalue weighted by Gasteiger charge is -2.28. The smallest absolute Gasteiger partial charge is 0.122 e. The molecule has 0 aliphatic heterocycles. The zero-order valence-corrected chi connectivity index (χ0v) is 14.6. The molecule has 0 saturated carbocycles. The third-order valence-electron chi connectivity index (χ3n) is 3.92. The molecule has 0 spiro atoms. The van der Waals surface area contributed by atoms with E-state index in [-0.39, 0.29) is 17.9 Å². The Kier molecular flexibility index (Phi) is 6.23. The molecule has 1 atom stereocenters. The Morgan fingerprint density at radius 2 is 1.75 bits per heavy atom. The van der Waals surface area contributed by atoms with Gasteiger partial charge in [-0.1, -0.05) is 30.3 Å². The molecule has 4 nitrogen and oxygen atoms in total. The summed E-state index contributed by atoms with van der Waals surface area (Å²) in [5.74, 6) is 1.08. The van der Waals surface area contributed by atoms with Crippen molar-refractivity contribution in [3.63, 3.8) is 0 Å². The molecule has 1 unspecified atom stereocenters. The van der Waals surface area contributed by atoms with Crippen LogP contribution >= 0.6 is 0 Å². The van der Waals surface area contributed by atoms with Gasteiger partial charge >= 0.3 is 0 Å². The first-order valence-corrected chi connectivity index (χ1v) is 8.25. The van der Waals surface area contributed by atoms with Crippen LogP contribution in [0, 0.1) is 6.92 Å². The maximum absolute atomic E-state index is 10.1. The topological polar surface area (TPSA) is 61.7 Å². The van der Waals surface area contributed by atoms with Gasteiger partial charge in [0, 0.05) is 12.1 Å². The zero-order chi connectivity index (χ0) is 17.6. The van der Waals surface area contributed by atoms with Crippen molar-refractivity contribution >= 4 is 0 Å². The van der Waals surface area contributed by atoms with Gasteiger partial charge in [0.15, 0.2) is 0 Å². The fourth-order valence-electron chi connectivity index (χ4n) is 2.54. The van der Waals surface area contributed by atoms with E-state index in [1.807, 2.05) is 43.3 Å². The Labute approximate surface area is 144 Å².